The third-order valence-corrected chi connectivity index (χ3v) is 4.89. The molecule has 1 aliphatic rings. The quantitative estimate of drug-likeness (QED) is 0.859. The van der Waals surface area contributed by atoms with Crippen LogP contribution >= 0.6 is 0 Å². The Balaban J connectivity index is 1.95. The zero-order valence-corrected chi connectivity index (χ0v) is 15.6. The number of aliphatic carboxylic acids is 1. The van der Waals surface area contributed by atoms with Crippen molar-refractivity contribution < 1.29 is 19.4 Å². The van der Waals surface area contributed by atoms with Crippen molar-refractivity contribution in [2.45, 2.75) is 64.0 Å². The molecule has 25 heavy (non-hydrogen) atoms. The minimum Gasteiger partial charge on any atom is -0.481 e. The Morgan fingerprint density at radius 2 is 1.88 bits per heavy atom. The zero-order chi connectivity index (χ0) is 18.6. The molecule has 0 saturated carbocycles. The van der Waals surface area contributed by atoms with Crippen LogP contribution in [0.4, 0.5) is 0 Å². The molecule has 1 saturated heterocycles. The average Bonchev–Trinajstić information content (AvgIpc) is 2.94. The van der Waals surface area contributed by atoms with Crippen LogP contribution < -0.4 is 0 Å². The Morgan fingerprint density at radius 3 is 2.40 bits per heavy atom. The van der Waals surface area contributed by atoms with E-state index >= 15 is 0 Å². The number of nitrogens with zero attached hydrogens (tertiary/aromatic N) is 1. The molecule has 1 heterocycles. The first-order chi connectivity index (χ1) is 11.7. The molecule has 1 aromatic carbocycles. The fourth-order valence-corrected chi connectivity index (χ4v) is 3.31. The molecule has 5 nitrogen and oxygen atoms in total. The van der Waals surface area contributed by atoms with Gasteiger partial charge in [0.05, 0.1) is 12.5 Å². The molecule has 138 valence electrons. The molecular formula is C20H29NO4. The predicted molar refractivity (Wildman–Crippen MR) is 96.6 cm³/mol. The zero-order valence-electron chi connectivity index (χ0n) is 15.6. The van der Waals surface area contributed by atoms with Gasteiger partial charge in [-0.1, -0.05) is 45.0 Å². The monoisotopic (exact) mass is 347 g/mol. The molecule has 2 rings (SSSR count). The number of carboxylic acid groups (broad SMARTS) is 1. The standard InChI is InChI=1S/C20H29NO4/c1-20(2,3)15-8-5-14(6-9-15)7-10-18(22)21-13-17(25-4)11-16(21)12-19(23)24/h5-6,8-9,16-17H,7,10-13H2,1-4H3,(H,23,24). The van der Waals surface area contributed by atoms with Crippen molar-refractivity contribution in [2.75, 3.05) is 13.7 Å². The van der Waals surface area contributed by atoms with Gasteiger partial charge in [0.1, 0.15) is 0 Å². The lowest BCUT2D eigenvalue weighted by atomic mass is 9.86. The van der Waals surface area contributed by atoms with Gasteiger partial charge in [-0.25, -0.2) is 0 Å². The number of hydrogen-bond donors (Lipinski definition) is 1. The predicted octanol–water partition coefficient (Wildman–Crippen LogP) is 3.01. The number of benzene rings is 1. The third kappa shape index (κ3) is 5.30. The van der Waals surface area contributed by atoms with Crippen LogP contribution in [0, 0.1) is 0 Å². The molecule has 1 aromatic rings. The minimum absolute atomic E-state index is 0.00528. The molecule has 1 amide bonds. The molecule has 0 bridgehead atoms. The number of carbonyl (C=O) groups excluding carboxylic acids is 1. The molecule has 1 N–H and O–H groups in total. The summed E-state index contributed by atoms with van der Waals surface area (Å²) < 4.78 is 5.32. The summed E-state index contributed by atoms with van der Waals surface area (Å²) >= 11 is 0. The van der Waals surface area contributed by atoms with Gasteiger partial charge in [0, 0.05) is 26.1 Å². The fraction of sp³-hybridized carbons (Fsp3) is 0.600. The van der Waals surface area contributed by atoms with Crippen LogP contribution in [0.3, 0.4) is 0 Å². The number of amides is 1. The highest BCUT2D eigenvalue weighted by molar-refractivity contribution is 5.78. The van der Waals surface area contributed by atoms with Crippen LogP contribution in [0.1, 0.15) is 51.2 Å². The van der Waals surface area contributed by atoms with Crippen LogP contribution in [0.2, 0.25) is 0 Å². The third-order valence-electron chi connectivity index (χ3n) is 4.89. The van der Waals surface area contributed by atoms with E-state index in [4.69, 9.17) is 9.84 Å². The van der Waals surface area contributed by atoms with Gasteiger partial charge in [0.2, 0.25) is 5.91 Å². The van der Waals surface area contributed by atoms with Gasteiger partial charge in [-0.15, -0.1) is 0 Å². The van der Waals surface area contributed by atoms with E-state index in [0.29, 0.717) is 25.8 Å². The molecule has 2 atom stereocenters. The van der Waals surface area contributed by atoms with Crippen LogP contribution in [0.25, 0.3) is 0 Å². The Morgan fingerprint density at radius 1 is 1.24 bits per heavy atom. The topological polar surface area (TPSA) is 66.8 Å². The molecule has 1 aliphatic heterocycles. The van der Waals surface area contributed by atoms with Crippen molar-refractivity contribution >= 4 is 11.9 Å². The molecule has 0 spiro atoms. The largest absolute Gasteiger partial charge is 0.481 e. The van der Waals surface area contributed by atoms with E-state index < -0.39 is 5.97 Å². The van der Waals surface area contributed by atoms with Crippen molar-refractivity contribution in [3.8, 4) is 0 Å². The van der Waals surface area contributed by atoms with Crippen LogP contribution in [-0.2, 0) is 26.2 Å². The minimum atomic E-state index is -0.877. The Labute approximate surface area is 150 Å². The van der Waals surface area contributed by atoms with E-state index in [1.165, 1.54) is 5.56 Å². The molecule has 2 unspecified atom stereocenters. The lowest BCUT2D eigenvalue weighted by Gasteiger charge is -2.23. The van der Waals surface area contributed by atoms with Gasteiger partial charge in [0.25, 0.3) is 0 Å². The first kappa shape index (κ1) is 19.4. The molecule has 0 aliphatic carbocycles. The van der Waals surface area contributed by atoms with Crippen molar-refractivity contribution in [2.24, 2.45) is 0 Å². The second kappa shape index (κ2) is 8.00. The summed E-state index contributed by atoms with van der Waals surface area (Å²) in [6.07, 6.45) is 1.55. The SMILES string of the molecule is COC1CC(CC(=O)O)N(C(=O)CCc2ccc(C(C)(C)C)cc2)C1. The van der Waals surface area contributed by atoms with Gasteiger partial charge in [-0.3, -0.25) is 9.59 Å². The summed E-state index contributed by atoms with van der Waals surface area (Å²) in [5.41, 5.74) is 2.51. The van der Waals surface area contributed by atoms with Gasteiger partial charge < -0.3 is 14.7 Å². The summed E-state index contributed by atoms with van der Waals surface area (Å²) in [6, 6.07) is 8.11. The van der Waals surface area contributed by atoms with Crippen molar-refractivity contribution in [3.63, 3.8) is 0 Å². The van der Waals surface area contributed by atoms with Crippen LogP contribution in [0.5, 0.6) is 0 Å². The van der Waals surface area contributed by atoms with E-state index in [1.807, 2.05) is 0 Å². The summed E-state index contributed by atoms with van der Waals surface area (Å²) in [7, 11) is 1.60. The molecule has 1 fully saturated rings. The number of ether oxygens (including phenoxy) is 1. The molecule has 0 radical (unpaired) electrons. The van der Waals surface area contributed by atoms with Crippen molar-refractivity contribution in [3.05, 3.63) is 35.4 Å². The highest BCUT2D eigenvalue weighted by Crippen LogP contribution is 2.25. The summed E-state index contributed by atoms with van der Waals surface area (Å²) in [5.74, 6) is -0.872. The van der Waals surface area contributed by atoms with Gasteiger partial charge in [-0.2, -0.15) is 0 Å². The van der Waals surface area contributed by atoms with E-state index in [-0.39, 0.29) is 29.9 Å². The second-order valence-corrected chi connectivity index (χ2v) is 7.84. The van der Waals surface area contributed by atoms with Crippen LogP contribution in [-0.4, -0.2) is 47.7 Å². The molecule has 5 heteroatoms. The first-order valence-electron chi connectivity index (χ1n) is 8.84. The number of rotatable bonds is 6. The Bertz CT molecular complexity index is 603. The van der Waals surface area contributed by atoms with Crippen molar-refractivity contribution in [1.29, 1.82) is 0 Å². The fourth-order valence-electron chi connectivity index (χ4n) is 3.31. The highest BCUT2D eigenvalue weighted by Gasteiger charge is 2.36. The van der Waals surface area contributed by atoms with Gasteiger partial charge >= 0.3 is 5.97 Å². The number of methoxy groups -OCH3 is 1. The first-order valence-corrected chi connectivity index (χ1v) is 8.84. The summed E-state index contributed by atoms with van der Waals surface area (Å²) in [4.78, 5) is 25.3. The van der Waals surface area contributed by atoms with E-state index in [1.54, 1.807) is 12.0 Å². The van der Waals surface area contributed by atoms with Crippen LogP contribution in [0.15, 0.2) is 24.3 Å². The maximum atomic E-state index is 12.6. The van der Waals surface area contributed by atoms with E-state index in [2.05, 4.69) is 45.0 Å². The summed E-state index contributed by atoms with van der Waals surface area (Å²) in [6.45, 7) is 7.01. The highest BCUT2D eigenvalue weighted by atomic mass is 16.5. The maximum absolute atomic E-state index is 12.6. The number of carbonyl (C=O) groups is 2. The molecule has 0 aromatic heterocycles. The average molecular weight is 347 g/mol. The number of hydrogen-bond acceptors (Lipinski definition) is 3. The van der Waals surface area contributed by atoms with E-state index in [0.717, 1.165) is 5.56 Å². The smallest absolute Gasteiger partial charge is 0.305 e. The normalized spacial score (nSPS) is 20.7. The number of aryl methyl sites for hydroxylation is 1. The molecular weight excluding hydrogens is 318 g/mol. The lowest BCUT2D eigenvalue weighted by Crippen LogP contribution is -2.37. The lowest BCUT2D eigenvalue weighted by molar-refractivity contribution is -0.139. The second-order valence-electron chi connectivity index (χ2n) is 7.84. The Kier molecular flexibility index (Phi) is 6.22. The maximum Gasteiger partial charge on any atom is 0.305 e. The van der Waals surface area contributed by atoms with Crippen molar-refractivity contribution in [1.82, 2.24) is 4.90 Å². The van der Waals surface area contributed by atoms with E-state index in [9.17, 15) is 9.59 Å². The van der Waals surface area contributed by atoms with Gasteiger partial charge in [0.15, 0.2) is 0 Å². The number of carboxylic acids is 1. The van der Waals surface area contributed by atoms with Gasteiger partial charge in [-0.05, 0) is 29.4 Å². The number of likely N-dealkylation sites (tertiary alicyclic amines) is 1. The summed E-state index contributed by atoms with van der Waals surface area (Å²) in [5, 5.41) is 9.05. The Hall–Kier alpha value is -1.88.